The number of ketones is 1. The predicted octanol–water partition coefficient (Wildman–Crippen LogP) is 2.73. The summed E-state index contributed by atoms with van der Waals surface area (Å²) in [5.74, 6) is 0.222. The van der Waals surface area contributed by atoms with E-state index in [2.05, 4.69) is 24.9 Å². The molecule has 1 aliphatic rings. The van der Waals surface area contributed by atoms with Gasteiger partial charge in [-0.15, -0.1) is 0 Å². The predicted molar refractivity (Wildman–Crippen MR) is 68.4 cm³/mol. The lowest BCUT2D eigenvalue weighted by molar-refractivity contribution is -0.115. The molecule has 0 spiro atoms. The van der Waals surface area contributed by atoms with Crippen molar-refractivity contribution >= 4 is 5.78 Å². The smallest absolute Gasteiger partial charge is 0.162 e. The van der Waals surface area contributed by atoms with Crippen molar-refractivity contribution in [2.24, 2.45) is 0 Å². The normalized spacial score (nSPS) is 23.4. The maximum atomic E-state index is 11.7. The zero-order valence-electron chi connectivity index (χ0n) is 10.7. The molecule has 0 N–H and O–H groups in total. The first kappa shape index (κ1) is 12.9. The molecule has 0 aromatic rings. The molecule has 2 nitrogen and oxygen atoms in total. The van der Waals surface area contributed by atoms with Gasteiger partial charge in [0.05, 0.1) is 0 Å². The number of nitrogens with zero attached hydrogens (tertiary/aromatic N) is 1. The fraction of sp³-hybridized carbons (Fsp3) is 0.500. The second-order valence-corrected chi connectivity index (χ2v) is 4.18. The van der Waals surface area contributed by atoms with Crippen molar-refractivity contribution in [2.75, 3.05) is 20.1 Å². The maximum Gasteiger partial charge on any atom is 0.162 e. The molecule has 0 radical (unpaired) electrons. The van der Waals surface area contributed by atoms with Gasteiger partial charge < -0.3 is 0 Å². The summed E-state index contributed by atoms with van der Waals surface area (Å²) in [5, 5.41) is 0. The lowest BCUT2D eigenvalue weighted by Gasteiger charge is -2.03. The Labute approximate surface area is 98.3 Å². The van der Waals surface area contributed by atoms with E-state index in [0.717, 1.165) is 18.7 Å². The van der Waals surface area contributed by atoms with Gasteiger partial charge in [-0.1, -0.05) is 19.1 Å². The van der Waals surface area contributed by atoms with E-state index in [1.165, 1.54) is 11.1 Å². The number of hydrogen-bond acceptors (Lipinski definition) is 2. The second-order valence-electron chi connectivity index (χ2n) is 4.18. The van der Waals surface area contributed by atoms with Crippen LogP contribution in [0, 0.1) is 0 Å². The van der Waals surface area contributed by atoms with Crippen molar-refractivity contribution in [2.45, 2.75) is 27.2 Å². The number of hydrogen-bond donors (Lipinski definition) is 0. The van der Waals surface area contributed by atoms with Gasteiger partial charge in [0, 0.05) is 25.1 Å². The summed E-state index contributed by atoms with van der Waals surface area (Å²) >= 11 is 0. The molecule has 88 valence electrons. The molecule has 0 unspecified atom stereocenters. The van der Waals surface area contributed by atoms with Gasteiger partial charge in [-0.25, -0.2) is 0 Å². The zero-order valence-corrected chi connectivity index (χ0v) is 10.7. The van der Waals surface area contributed by atoms with Crippen molar-refractivity contribution < 1.29 is 4.79 Å². The second kappa shape index (κ2) is 5.80. The van der Waals surface area contributed by atoms with Gasteiger partial charge in [0.1, 0.15) is 0 Å². The average Bonchev–Trinajstić information content (AvgIpc) is 2.65. The quantitative estimate of drug-likeness (QED) is 0.680. The molecule has 0 aromatic carbocycles. The molecular formula is C14H21NO. The zero-order chi connectivity index (χ0) is 12.1. The molecule has 1 aliphatic heterocycles. The van der Waals surface area contributed by atoms with E-state index in [9.17, 15) is 4.79 Å². The highest BCUT2D eigenvalue weighted by molar-refractivity contribution is 5.98. The van der Waals surface area contributed by atoms with Gasteiger partial charge in [-0.2, -0.15) is 0 Å². The Morgan fingerprint density at radius 1 is 1.31 bits per heavy atom. The Kier molecular flexibility index (Phi) is 4.69. The number of carbonyl (C=O) groups excluding carboxylic acids is 1. The molecule has 1 fully saturated rings. The molecule has 0 bridgehead atoms. The van der Waals surface area contributed by atoms with Crippen LogP contribution in [-0.4, -0.2) is 30.8 Å². The molecular weight excluding hydrogens is 198 g/mol. The Morgan fingerprint density at radius 3 is 2.44 bits per heavy atom. The number of allylic oxidation sites excluding steroid dienone is 4. The highest BCUT2D eigenvalue weighted by Crippen LogP contribution is 2.22. The maximum absolute atomic E-state index is 11.7. The standard InChI is InChI=1S/C14H21NO/c1-5-11(14(16)7-3)8-13-10-15(4)9-12(13)6-2/h5-6,8H,7,9-10H2,1-4H3/b11-5+,12-6-,13-8-. The number of carbonyl (C=O) groups is 1. The highest BCUT2D eigenvalue weighted by Gasteiger charge is 2.18. The van der Waals surface area contributed by atoms with Gasteiger partial charge in [-0.3, -0.25) is 9.69 Å². The first-order chi connectivity index (χ1) is 7.62. The van der Waals surface area contributed by atoms with Crippen LogP contribution in [0.5, 0.6) is 0 Å². The van der Waals surface area contributed by atoms with Gasteiger partial charge in [0.2, 0.25) is 0 Å². The van der Waals surface area contributed by atoms with E-state index < -0.39 is 0 Å². The SMILES string of the molecule is C\C=C(/C=C1/CN(C)C/C1=C/C)C(=O)CC. The Bertz CT molecular complexity index is 361. The third-order valence-electron chi connectivity index (χ3n) is 2.93. The van der Waals surface area contributed by atoms with E-state index in [-0.39, 0.29) is 5.78 Å². The summed E-state index contributed by atoms with van der Waals surface area (Å²) in [4.78, 5) is 13.9. The van der Waals surface area contributed by atoms with Crippen molar-refractivity contribution in [1.82, 2.24) is 4.90 Å². The van der Waals surface area contributed by atoms with Crippen molar-refractivity contribution in [3.63, 3.8) is 0 Å². The third-order valence-corrected chi connectivity index (χ3v) is 2.93. The monoisotopic (exact) mass is 219 g/mol. The molecule has 1 rings (SSSR count). The average molecular weight is 219 g/mol. The minimum atomic E-state index is 0.222. The summed E-state index contributed by atoms with van der Waals surface area (Å²) in [6, 6.07) is 0. The van der Waals surface area contributed by atoms with E-state index in [1.807, 2.05) is 26.0 Å². The van der Waals surface area contributed by atoms with E-state index in [1.54, 1.807) is 0 Å². The van der Waals surface area contributed by atoms with E-state index in [0.29, 0.717) is 6.42 Å². The number of rotatable bonds is 3. The number of likely N-dealkylation sites (tertiary alicyclic amines) is 1. The summed E-state index contributed by atoms with van der Waals surface area (Å²) in [6.07, 6.45) is 6.67. The van der Waals surface area contributed by atoms with Crippen molar-refractivity contribution in [3.05, 3.63) is 34.9 Å². The molecule has 1 saturated heterocycles. The van der Waals surface area contributed by atoms with Crippen LogP contribution in [-0.2, 0) is 4.79 Å². The Morgan fingerprint density at radius 2 is 1.94 bits per heavy atom. The lowest BCUT2D eigenvalue weighted by Crippen LogP contribution is -2.11. The van der Waals surface area contributed by atoms with Gasteiger partial charge in [-0.05, 0) is 38.1 Å². The van der Waals surface area contributed by atoms with Gasteiger partial charge in [0.15, 0.2) is 5.78 Å². The molecule has 2 heteroatoms. The van der Waals surface area contributed by atoms with Crippen LogP contribution in [0.4, 0.5) is 0 Å². The van der Waals surface area contributed by atoms with Crippen LogP contribution in [0.25, 0.3) is 0 Å². The van der Waals surface area contributed by atoms with E-state index >= 15 is 0 Å². The van der Waals surface area contributed by atoms with Crippen LogP contribution < -0.4 is 0 Å². The molecule has 16 heavy (non-hydrogen) atoms. The highest BCUT2D eigenvalue weighted by atomic mass is 16.1. The van der Waals surface area contributed by atoms with Crippen LogP contribution >= 0.6 is 0 Å². The lowest BCUT2D eigenvalue weighted by atomic mass is 10.0. The molecule has 1 heterocycles. The van der Waals surface area contributed by atoms with Crippen LogP contribution in [0.1, 0.15) is 27.2 Å². The van der Waals surface area contributed by atoms with Crippen molar-refractivity contribution in [1.29, 1.82) is 0 Å². The minimum absolute atomic E-state index is 0.222. The third kappa shape index (κ3) is 2.92. The summed E-state index contributed by atoms with van der Waals surface area (Å²) < 4.78 is 0. The van der Waals surface area contributed by atoms with Gasteiger partial charge in [0.25, 0.3) is 0 Å². The molecule has 0 aromatic heterocycles. The minimum Gasteiger partial charge on any atom is -0.298 e. The topological polar surface area (TPSA) is 20.3 Å². The largest absolute Gasteiger partial charge is 0.298 e. The van der Waals surface area contributed by atoms with Crippen LogP contribution in [0.3, 0.4) is 0 Å². The summed E-state index contributed by atoms with van der Waals surface area (Å²) in [6.45, 7) is 7.81. The first-order valence-electron chi connectivity index (χ1n) is 5.86. The fourth-order valence-corrected chi connectivity index (χ4v) is 1.97. The Hall–Kier alpha value is -1.15. The van der Waals surface area contributed by atoms with E-state index in [4.69, 9.17) is 0 Å². The van der Waals surface area contributed by atoms with Gasteiger partial charge >= 0.3 is 0 Å². The van der Waals surface area contributed by atoms with Crippen molar-refractivity contribution in [3.8, 4) is 0 Å². The fourth-order valence-electron chi connectivity index (χ4n) is 1.97. The summed E-state index contributed by atoms with van der Waals surface area (Å²) in [5.41, 5.74) is 3.46. The molecule has 0 aliphatic carbocycles. The summed E-state index contributed by atoms with van der Waals surface area (Å²) in [7, 11) is 2.10. The van der Waals surface area contributed by atoms with Crippen LogP contribution in [0.2, 0.25) is 0 Å². The molecule has 0 saturated carbocycles. The molecule has 0 amide bonds. The number of likely N-dealkylation sites (N-methyl/N-ethyl adjacent to an activating group) is 1. The Balaban J connectivity index is 2.95. The van der Waals surface area contributed by atoms with Crippen LogP contribution in [0.15, 0.2) is 34.9 Å². The first-order valence-corrected chi connectivity index (χ1v) is 5.86. The molecule has 0 atom stereocenters. The number of Topliss-reactive ketones (excluding diaryl/α,β-unsaturated/α-hetero) is 1.